The molecular weight excluding hydrogens is 758 g/mol. The Labute approximate surface area is 320 Å². The second-order valence-corrected chi connectivity index (χ2v) is 10.4. The van der Waals surface area contributed by atoms with E-state index in [4.69, 9.17) is 20.4 Å². The summed E-state index contributed by atoms with van der Waals surface area (Å²) in [5.41, 5.74) is 1.07. The van der Waals surface area contributed by atoms with Crippen LogP contribution < -0.4 is 21.7 Å². The number of aryl methyl sites for hydroxylation is 4. The topological polar surface area (TPSA) is 226 Å². The molecule has 0 saturated heterocycles. The summed E-state index contributed by atoms with van der Waals surface area (Å²) in [6, 6.07) is 5.34. The summed E-state index contributed by atoms with van der Waals surface area (Å²) in [7, 11) is 7.09. The largest absolute Gasteiger partial charge is 0.503 e. The maximum atomic E-state index is 10.7. The average molecular weight is 803 g/mol. The monoisotopic (exact) mass is 802 g/mol. The van der Waals surface area contributed by atoms with Crippen molar-refractivity contribution in [1.82, 2.24) is 38.2 Å². The molecule has 0 aliphatic heterocycles. The molecule has 18 heteroatoms. The van der Waals surface area contributed by atoms with Gasteiger partial charge in [0.05, 0.1) is 35.4 Å². The van der Waals surface area contributed by atoms with Crippen LogP contribution in [0, 0.1) is 27.7 Å². The van der Waals surface area contributed by atoms with Crippen LogP contribution in [0.15, 0.2) is 106 Å². The molecule has 282 valence electrons. The van der Waals surface area contributed by atoms with Crippen molar-refractivity contribution in [2.75, 3.05) is 0 Å². The normalized spacial score (nSPS) is 9.08. The minimum Gasteiger partial charge on any atom is -0.503 e. The SMILES string of the molecule is Cc1c(O)c(=O)ccn1C.Cc1c(O)c(=O)ccn1C.Cc1c(O)c(=O)ccn1C.Cc1c(O)c(=O)ccn1C.[Mn].[Mn].c1c[nH]cn1.c1c[nH]cn1. The summed E-state index contributed by atoms with van der Waals surface area (Å²) in [5.74, 6) is -0.648. The summed E-state index contributed by atoms with van der Waals surface area (Å²) >= 11 is 0. The Morgan fingerprint density at radius 3 is 0.788 bits per heavy atom. The molecule has 2 radical (unpaired) electrons. The Hall–Kier alpha value is -5.54. The van der Waals surface area contributed by atoms with Crippen molar-refractivity contribution < 1.29 is 54.6 Å². The smallest absolute Gasteiger partial charge is 0.223 e. The van der Waals surface area contributed by atoms with Crippen LogP contribution >= 0.6 is 0 Å². The molecule has 6 N–H and O–H groups in total. The molecule has 6 aromatic heterocycles. The van der Waals surface area contributed by atoms with Crippen LogP contribution in [-0.2, 0) is 62.3 Å². The minimum absolute atomic E-state index is 0. The van der Waals surface area contributed by atoms with E-state index in [1.54, 1.807) is 136 Å². The van der Waals surface area contributed by atoms with E-state index < -0.39 is 0 Å². The van der Waals surface area contributed by atoms with Crippen LogP contribution in [0.25, 0.3) is 0 Å². The zero-order valence-electron chi connectivity index (χ0n) is 29.9. The quantitative estimate of drug-likeness (QED) is 0.123. The summed E-state index contributed by atoms with van der Waals surface area (Å²) in [4.78, 5) is 55.7. The zero-order chi connectivity index (χ0) is 38.0. The maximum Gasteiger partial charge on any atom is 0.223 e. The van der Waals surface area contributed by atoms with Gasteiger partial charge in [-0.25, -0.2) is 9.97 Å². The van der Waals surface area contributed by atoms with Gasteiger partial charge in [-0.1, -0.05) is 0 Å². The van der Waals surface area contributed by atoms with E-state index in [-0.39, 0.29) is 78.9 Å². The fourth-order valence-corrected chi connectivity index (χ4v) is 3.29. The molecule has 6 heterocycles. The van der Waals surface area contributed by atoms with Crippen LogP contribution in [0.2, 0.25) is 0 Å². The average Bonchev–Trinajstić information content (AvgIpc) is 3.90. The first-order chi connectivity index (χ1) is 23.5. The van der Waals surface area contributed by atoms with Gasteiger partial charge >= 0.3 is 0 Å². The van der Waals surface area contributed by atoms with E-state index in [9.17, 15) is 19.2 Å². The molecule has 52 heavy (non-hydrogen) atoms. The van der Waals surface area contributed by atoms with Crippen molar-refractivity contribution in [3.63, 3.8) is 0 Å². The molecule has 0 fully saturated rings. The Morgan fingerprint density at radius 1 is 0.462 bits per heavy atom. The van der Waals surface area contributed by atoms with Gasteiger partial charge in [0.15, 0.2) is 23.0 Å². The van der Waals surface area contributed by atoms with E-state index in [2.05, 4.69) is 19.9 Å². The summed E-state index contributed by atoms with van der Waals surface area (Å²) in [6.45, 7) is 6.76. The van der Waals surface area contributed by atoms with E-state index in [1.165, 1.54) is 24.3 Å². The number of aromatic nitrogens is 8. The fourth-order valence-electron chi connectivity index (χ4n) is 3.29. The van der Waals surface area contributed by atoms with Gasteiger partial charge in [0.1, 0.15) is 0 Å². The predicted octanol–water partition coefficient (Wildman–Crippen LogP) is 2.41. The molecule has 6 rings (SSSR count). The Kier molecular flexibility index (Phi) is 23.0. The summed E-state index contributed by atoms with van der Waals surface area (Å²) < 4.78 is 6.76. The number of hydrogen-bond donors (Lipinski definition) is 6. The van der Waals surface area contributed by atoms with E-state index in [0.717, 1.165) is 0 Å². The number of hydrogen-bond acceptors (Lipinski definition) is 10. The van der Waals surface area contributed by atoms with E-state index in [1.807, 2.05) is 0 Å². The van der Waals surface area contributed by atoms with Crippen molar-refractivity contribution >= 4 is 0 Å². The van der Waals surface area contributed by atoms with Crippen LogP contribution in [0.5, 0.6) is 23.0 Å². The molecular formula is C34H44Mn2N8O8. The Balaban J connectivity index is 0. The van der Waals surface area contributed by atoms with Crippen LogP contribution in [0.1, 0.15) is 22.8 Å². The van der Waals surface area contributed by atoms with Gasteiger partial charge in [-0.05, 0) is 27.7 Å². The molecule has 0 aliphatic rings. The van der Waals surface area contributed by atoms with Crippen molar-refractivity contribution in [2.45, 2.75) is 27.7 Å². The molecule has 0 atom stereocenters. The molecule has 0 bridgehead atoms. The maximum absolute atomic E-state index is 10.7. The predicted molar refractivity (Wildman–Crippen MR) is 190 cm³/mol. The zero-order valence-corrected chi connectivity index (χ0v) is 32.3. The number of H-pyrrole nitrogens is 2. The number of nitrogens with zero attached hydrogens (tertiary/aromatic N) is 6. The van der Waals surface area contributed by atoms with Gasteiger partial charge in [0.2, 0.25) is 21.7 Å². The molecule has 6 aromatic rings. The first-order valence-corrected chi connectivity index (χ1v) is 14.8. The van der Waals surface area contributed by atoms with Gasteiger partial charge in [-0.15, -0.1) is 0 Å². The van der Waals surface area contributed by atoms with Crippen LogP contribution in [-0.4, -0.2) is 58.6 Å². The third-order valence-electron chi connectivity index (χ3n) is 7.03. The van der Waals surface area contributed by atoms with Gasteiger partial charge in [-0.3, -0.25) is 19.2 Å². The van der Waals surface area contributed by atoms with Gasteiger partial charge in [0.25, 0.3) is 0 Å². The number of aromatic hydroxyl groups is 4. The molecule has 0 saturated carbocycles. The molecule has 0 unspecified atom stereocenters. The molecule has 0 amide bonds. The summed E-state index contributed by atoms with van der Waals surface area (Å²) in [6.07, 6.45) is 16.7. The van der Waals surface area contributed by atoms with Crippen molar-refractivity contribution in [3.05, 3.63) is 150 Å². The van der Waals surface area contributed by atoms with Crippen molar-refractivity contribution in [1.29, 1.82) is 0 Å². The van der Waals surface area contributed by atoms with Crippen LogP contribution in [0.3, 0.4) is 0 Å². The molecule has 0 aliphatic carbocycles. The number of aromatic amines is 2. The Morgan fingerprint density at radius 2 is 0.673 bits per heavy atom. The van der Waals surface area contributed by atoms with Crippen molar-refractivity contribution in [2.24, 2.45) is 28.2 Å². The second-order valence-electron chi connectivity index (χ2n) is 10.4. The van der Waals surface area contributed by atoms with Gasteiger partial charge < -0.3 is 48.7 Å². The van der Waals surface area contributed by atoms with Crippen molar-refractivity contribution in [3.8, 4) is 23.0 Å². The number of pyridine rings is 4. The number of rotatable bonds is 0. The molecule has 16 nitrogen and oxygen atoms in total. The standard InChI is InChI=1S/4C7H9NO2.2C3H4N2.2Mn/c4*1-5-7(10)6(9)3-4-8(5)2;2*1-2-5-3-4-1;;/h4*3-4,10H,1-2H3;2*1-3H,(H,4,5);;. The number of imidazole rings is 2. The fraction of sp³-hybridized carbons (Fsp3) is 0.235. The third kappa shape index (κ3) is 16.0. The first-order valence-electron chi connectivity index (χ1n) is 14.8. The number of nitrogens with one attached hydrogen (secondary N) is 2. The van der Waals surface area contributed by atoms with Gasteiger partial charge in [-0.2, -0.15) is 0 Å². The second kappa shape index (κ2) is 24.6. The minimum atomic E-state index is -0.324. The third-order valence-corrected chi connectivity index (χ3v) is 7.03. The van der Waals surface area contributed by atoms with E-state index >= 15 is 0 Å². The molecule has 0 spiro atoms. The summed E-state index contributed by atoms with van der Waals surface area (Å²) in [5, 5.41) is 36.2. The Bertz CT molecular complexity index is 1830. The molecule has 0 aromatic carbocycles. The van der Waals surface area contributed by atoms with Crippen LogP contribution in [0.4, 0.5) is 0 Å². The first kappa shape index (κ1) is 48.6. The van der Waals surface area contributed by atoms with E-state index in [0.29, 0.717) is 22.8 Å². The van der Waals surface area contributed by atoms with Gasteiger partial charge in [0, 0.05) is 136 Å².